The Morgan fingerprint density at radius 2 is 1.88 bits per heavy atom. The summed E-state index contributed by atoms with van der Waals surface area (Å²) in [5, 5.41) is 3.90. The van der Waals surface area contributed by atoms with E-state index in [9.17, 15) is 18.0 Å². The van der Waals surface area contributed by atoms with Gasteiger partial charge in [0.15, 0.2) is 0 Å². The van der Waals surface area contributed by atoms with Gasteiger partial charge in [0.05, 0.1) is 11.3 Å². The molecule has 1 aliphatic heterocycles. The smallest absolute Gasteiger partial charge is 0.416 e. The predicted molar refractivity (Wildman–Crippen MR) is 77.5 cm³/mol. The maximum absolute atomic E-state index is 12.7. The number of carbonyl (C=O) groups excluding carboxylic acids is 1. The van der Waals surface area contributed by atoms with Gasteiger partial charge >= 0.3 is 12.2 Å². The summed E-state index contributed by atoms with van der Waals surface area (Å²) in [4.78, 5) is 18.9. The number of alkyl halides is 3. The highest BCUT2D eigenvalue weighted by Crippen LogP contribution is 2.32. The largest absolute Gasteiger partial charge is 0.424 e. The average Bonchev–Trinajstić information content (AvgIpc) is 2.56. The molecule has 6 nitrogen and oxygen atoms in total. The van der Waals surface area contributed by atoms with Crippen LogP contribution in [0.1, 0.15) is 24.0 Å². The van der Waals surface area contributed by atoms with E-state index < -0.39 is 11.7 Å². The summed E-state index contributed by atoms with van der Waals surface area (Å²) in [6.07, 6.45) is -0.795. The zero-order chi connectivity index (χ0) is 17.2. The number of ether oxygens (including phenoxy) is 1. The molecule has 0 spiro atoms. The highest BCUT2D eigenvalue weighted by atomic mass is 19.4. The van der Waals surface area contributed by atoms with E-state index in [1.807, 2.05) is 0 Å². The van der Waals surface area contributed by atoms with Crippen LogP contribution in [0.25, 0.3) is 0 Å². The lowest BCUT2D eigenvalue weighted by molar-refractivity contribution is -0.137. The van der Waals surface area contributed by atoms with Crippen LogP contribution in [0.4, 0.5) is 13.2 Å². The number of halogens is 3. The molecule has 1 aromatic carbocycles. The molecular weight excluding hydrogens is 325 g/mol. The molecule has 1 N–H and O–H groups in total. The summed E-state index contributed by atoms with van der Waals surface area (Å²) in [7, 11) is 0. The van der Waals surface area contributed by atoms with Crippen LogP contribution in [-0.2, 0) is 11.0 Å². The minimum Gasteiger partial charge on any atom is -0.424 e. The molecule has 0 saturated heterocycles. The molecule has 24 heavy (non-hydrogen) atoms. The molecule has 9 heteroatoms. The van der Waals surface area contributed by atoms with Gasteiger partial charge in [0.2, 0.25) is 5.91 Å². The molecule has 1 amide bonds. The third-order valence-corrected chi connectivity index (χ3v) is 3.24. The van der Waals surface area contributed by atoms with Gasteiger partial charge in [-0.05, 0) is 18.2 Å². The molecule has 2 heterocycles. The van der Waals surface area contributed by atoms with Gasteiger partial charge in [0.25, 0.3) is 0 Å². The highest BCUT2D eigenvalue weighted by molar-refractivity contribution is 6.03. The second kappa shape index (κ2) is 6.26. The number of aromatic nitrogens is 2. The summed E-state index contributed by atoms with van der Waals surface area (Å²) in [6.45, 7) is 0. The molecule has 0 bridgehead atoms. The number of hydrazone groups is 1. The van der Waals surface area contributed by atoms with Crippen molar-refractivity contribution in [3.8, 4) is 11.8 Å². The fourth-order valence-electron chi connectivity index (χ4n) is 2.04. The Hall–Kier alpha value is -2.97. The first kappa shape index (κ1) is 15.9. The van der Waals surface area contributed by atoms with E-state index in [1.54, 1.807) is 0 Å². The second-order valence-electron chi connectivity index (χ2n) is 4.98. The van der Waals surface area contributed by atoms with Gasteiger partial charge < -0.3 is 4.74 Å². The van der Waals surface area contributed by atoms with Crippen LogP contribution in [0.3, 0.4) is 0 Å². The van der Waals surface area contributed by atoms with Crippen molar-refractivity contribution in [1.82, 2.24) is 15.4 Å². The molecule has 1 aliphatic rings. The minimum absolute atomic E-state index is 0.0140. The van der Waals surface area contributed by atoms with Gasteiger partial charge in [-0.15, -0.1) is 0 Å². The monoisotopic (exact) mass is 336 g/mol. The van der Waals surface area contributed by atoms with E-state index in [2.05, 4.69) is 20.5 Å². The van der Waals surface area contributed by atoms with E-state index in [-0.39, 0.29) is 17.7 Å². The molecule has 0 fully saturated rings. The maximum atomic E-state index is 12.7. The highest BCUT2D eigenvalue weighted by Gasteiger charge is 2.30. The Balaban J connectivity index is 1.74. The molecule has 0 saturated carbocycles. The number of hydrogen-bond acceptors (Lipinski definition) is 5. The Bertz CT molecular complexity index is 788. The Morgan fingerprint density at radius 3 is 2.50 bits per heavy atom. The van der Waals surface area contributed by atoms with Gasteiger partial charge in [0, 0.05) is 30.8 Å². The standard InChI is InChI=1S/C15H11F3N4O2/c16-15(17,18)10-2-1-3-11(6-10)24-14-19-7-9(8-20-14)12-4-5-13(23)22-21-12/h1-3,6-8H,4-5H2,(H,22,23). The number of carbonyl (C=O) groups is 1. The molecule has 3 rings (SSSR count). The van der Waals surface area contributed by atoms with Gasteiger partial charge in [-0.1, -0.05) is 6.07 Å². The van der Waals surface area contributed by atoms with Gasteiger partial charge in [-0.25, -0.2) is 15.4 Å². The number of rotatable bonds is 3. The van der Waals surface area contributed by atoms with Crippen molar-refractivity contribution in [1.29, 1.82) is 0 Å². The van der Waals surface area contributed by atoms with Crippen LogP contribution in [0, 0.1) is 0 Å². The molecule has 0 atom stereocenters. The normalized spacial score (nSPS) is 14.8. The van der Waals surface area contributed by atoms with Crippen LogP contribution in [0.2, 0.25) is 0 Å². The first-order valence-electron chi connectivity index (χ1n) is 6.95. The summed E-state index contributed by atoms with van der Waals surface area (Å²) in [5.74, 6) is -0.177. The van der Waals surface area contributed by atoms with Crippen LogP contribution in [0.15, 0.2) is 41.8 Å². The topological polar surface area (TPSA) is 76.5 Å². The third kappa shape index (κ3) is 3.67. The van der Waals surface area contributed by atoms with Crippen molar-refractivity contribution in [3.05, 3.63) is 47.8 Å². The van der Waals surface area contributed by atoms with Crippen LogP contribution >= 0.6 is 0 Å². The Kier molecular flexibility index (Phi) is 4.15. The van der Waals surface area contributed by atoms with E-state index in [0.717, 1.165) is 12.1 Å². The molecule has 2 aromatic rings. The molecule has 0 unspecified atom stereocenters. The molecule has 124 valence electrons. The van der Waals surface area contributed by atoms with Crippen molar-refractivity contribution >= 4 is 11.6 Å². The molecule has 0 radical (unpaired) electrons. The lowest BCUT2D eigenvalue weighted by atomic mass is 10.1. The van der Waals surface area contributed by atoms with E-state index >= 15 is 0 Å². The van der Waals surface area contributed by atoms with Crippen LogP contribution in [-0.4, -0.2) is 21.6 Å². The predicted octanol–water partition coefficient (Wildman–Crippen LogP) is 2.90. The SMILES string of the molecule is O=C1CCC(c2cnc(Oc3cccc(C(F)(F)F)c3)nc2)=NN1. The molecular formula is C15H11F3N4O2. The van der Waals surface area contributed by atoms with Crippen molar-refractivity contribution < 1.29 is 22.7 Å². The zero-order valence-electron chi connectivity index (χ0n) is 12.2. The number of nitrogens with zero attached hydrogens (tertiary/aromatic N) is 3. The maximum Gasteiger partial charge on any atom is 0.416 e. The van der Waals surface area contributed by atoms with Crippen LogP contribution < -0.4 is 10.2 Å². The summed E-state index contributed by atoms with van der Waals surface area (Å²) < 4.78 is 43.2. The van der Waals surface area contributed by atoms with Crippen molar-refractivity contribution in [2.75, 3.05) is 0 Å². The summed E-state index contributed by atoms with van der Waals surface area (Å²) >= 11 is 0. The number of amides is 1. The van der Waals surface area contributed by atoms with Crippen molar-refractivity contribution in [2.45, 2.75) is 19.0 Å². The van der Waals surface area contributed by atoms with Gasteiger partial charge in [-0.3, -0.25) is 4.79 Å². The second-order valence-corrected chi connectivity index (χ2v) is 4.98. The van der Waals surface area contributed by atoms with Crippen molar-refractivity contribution in [3.63, 3.8) is 0 Å². The molecule has 1 aromatic heterocycles. The Morgan fingerprint density at radius 1 is 1.12 bits per heavy atom. The zero-order valence-corrected chi connectivity index (χ0v) is 12.2. The van der Waals surface area contributed by atoms with Crippen molar-refractivity contribution in [2.24, 2.45) is 5.10 Å². The van der Waals surface area contributed by atoms with Crippen LogP contribution in [0.5, 0.6) is 11.8 Å². The van der Waals surface area contributed by atoms with E-state index in [4.69, 9.17) is 4.74 Å². The Labute approximate surface area is 134 Å². The summed E-state index contributed by atoms with van der Waals surface area (Å²) in [5.41, 5.74) is 2.77. The first-order valence-corrected chi connectivity index (χ1v) is 6.95. The van der Waals surface area contributed by atoms with E-state index in [1.165, 1.54) is 24.5 Å². The number of nitrogens with one attached hydrogen (secondary N) is 1. The fourth-order valence-corrected chi connectivity index (χ4v) is 2.04. The van der Waals surface area contributed by atoms with Gasteiger partial charge in [-0.2, -0.15) is 18.3 Å². The number of hydrogen-bond donors (Lipinski definition) is 1. The fraction of sp³-hybridized carbons (Fsp3) is 0.200. The lowest BCUT2D eigenvalue weighted by Gasteiger charge is -2.12. The summed E-state index contributed by atoms with van der Waals surface area (Å²) in [6, 6.07) is 4.36. The first-order chi connectivity index (χ1) is 11.4. The lowest BCUT2D eigenvalue weighted by Crippen LogP contribution is -2.26. The minimum atomic E-state index is -4.45. The molecule has 0 aliphatic carbocycles. The average molecular weight is 336 g/mol. The van der Waals surface area contributed by atoms with E-state index in [0.29, 0.717) is 24.1 Å². The third-order valence-electron chi connectivity index (χ3n) is 3.24. The quantitative estimate of drug-likeness (QED) is 0.935. The number of benzene rings is 1. The van der Waals surface area contributed by atoms with Gasteiger partial charge in [0.1, 0.15) is 5.75 Å².